The second kappa shape index (κ2) is 7.28. The van der Waals surface area contributed by atoms with Crippen molar-refractivity contribution in [1.82, 2.24) is 10.3 Å². The lowest BCUT2D eigenvalue weighted by Crippen LogP contribution is -2.37. The Morgan fingerprint density at radius 2 is 2.28 bits per heavy atom. The van der Waals surface area contributed by atoms with Gasteiger partial charge in [0.25, 0.3) is 0 Å². The van der Waals surface area contributed by atoms with Crippen LogP contribution in [0.15, 0.2) is 17.3 Å². The number of pyridine rings is 1. The van der Waals surface area contributed by atoms with Crippen LogP contribution < -0.4 is 15.8 Å². The van der Waals surface area contributed by atoms with Gasteiger partial charge in [0.2, 0.25) is 5.88 Å². The summed E-state index contributed by atoms with van der Waals surface area (Å²) in [5, 5.41) is 3.82. The zero-order chi connectivity index (χ0) is 13.5. The Bertz CT molecular complexity index is 424. The maximum Gasteiger partial charge on any atom is 0.232 e. The van der Waals surface area contributed by atoms with Crippen LogP contribution in [-0.2, 0) is 0 Å². The Balaban J connectivity index is 2.38. The van der Waals surface area contributed by atoms with Crippen molar-refractivity contribution in [3.05, 3.63) is 22.3 Å². The van der Waals surface area contributed by atoms with Crippen molar-refractivity contribution in [3.8, 4) is 5.88 Å². The highest BCUT2D eigenvalue weighted by molar-refractivity contribution is 6.35. The molecule has 0 bridgehead atoms. The van der Waals surface area contributed by atoms with Crippen molar-refractivity contribution in [2.24, 2.45) is 10.7 Å². The molecule has 1 aromatic heterocycles. The Labute approximate surface area is 116 Å². The molecule has 0 aromatic carbocycles. The number of rotatable bonds is 5. The van der Waals surface area contributed by atoms with E-state index in [1.807, 2.05) is 13.8 Å². The molecule has 0 aliphatic heterocycles. The average Bonchev–Trinajstić information content (AvgIpc) is 2.25. The molecule has 1 rings (SSSR count). The van der Waals surface area contributed by atoms with Crippen molar-refractivity contribution < 1.29 is 4.74 Å². The molecular formula is C11H16Cl2N4O. The molecule has 0 saturated carbocycles. The molecule has 1 heterocycles. The van der Waals surface area contributed by atoms with Gasteiger partial charge in [-0.05, 0) is 19.9 Å². The van der Waals surface area contributed by atoms with E-state index in [9.17, 15) is 0 Å². The van der Waals surface area contributed by atoms with Gasteiger partial charge in [0.1, 0.15) is 11.6 Å². The third kappa shape index (κ3) is 5.42. The SMILES string of the molecule is CC(C)NC(N)=NCCOc1ncc(Cl)cc1Cl. The number of aliphatic imine (C=N–C) groups is 1. The summed E-state index contributed by atoms with van der Waals surface area (Å²) in [6.45, 7) is 4.73. The highest BCUT2D eigenvalue weighted by atomic mass is 35.5. The fraction of sp³-hybridized carbons (Fsp3) is 0.455. The first-order valence-electron chi connectivity index (χ1n) is 5.49. The number of aromatic nitrogens is 1. The lowest BCUT2D eigenvalue weighted by molar-refractivity contribution is 0.316. The highest BCUT2D eigenvalue weighted by Crippen LogP contribution is 2.24. The molecule has 0 fully saturated rings. The number of nitrogens with one attached hydrogen (secondary N) is 1. The number of nitrogens with two attached hydrogens (primary N) is 1. The number of ether oxygens (including phenoxy) is 1. The summed E-state index contributed by atoms with van der Waals surface area (Å²) in [7, 11) is 0. The summed E-state index contributed by atoms with van der Waals surface area (Å²) >= 11 is 11.6. The number of guanidine groups is 1. The van der Waals surface area contributed by atoms with E-state index in [1.165, 1.54) is 6.20 Å². The molecule has 0 radical (unpaired) electrons. The van der Waals surface area contributed by atoms with Crippen LogP contribution in [0, 0.1) is 0 Å². The molecule has 3 N–H and O–H groups in total. The topological polar surface area (TPSA) is 72.5 Å². The monoisotopic (exact) mass is 290 g/mol. The van der Waals surface area contributed by atoms with Crippen LogP contribution >= 0.6 is 23.2 Å². The Hall–Kier alpha value is -1.20. The predicted molar refractivity (Wildman–Crippen MR) is 74.5 cm³/mol. The summed E-state index contributed by atoms with van der Waals surface area (Å²) in [6, 6.07) is 1.82. The van der Waals surface area contributed by atoms with Gasteiger partial charge in [0, 0.05) is 12.2 Å². The van der Waals surface area contributed by atoms with Gasteiger partial charge < -0.3 is 15.8 Å². The molecule has 0 unspecified atom stereocenters. The second-order valence-electron chi connectivity index (χ2n) is 3.85. The zero-order valence-electron chi connectivity index (χ0n) is 10.3. The summed E-state index contributed by atoms with van der Waals surface area (Å²) in [4.78, 5) is 8.05. The highest BCUT2D eigenvalue weighted by Gasteiger charge is 2.03. The van der Waals surface area contributed by atoms with Crippen molar-refractivity contribution in [2.75, 3.05) is 13.2 Å². The van der Waals surface area contributed by atoms with E-state index in [0.29, 0.717) is 35.0 Å². The van der Waals surface area contributed by atoms with Gasteiger partial charge in [-0.25, -0.2) is 9.98 Å². The molecular weight excluding hydrogens is 275 g/mol. The average molecular weight is 291 g/mol. The van der Waals surface area contributed by atoms with Gasteiger partial charge >= 0.3 is 0 Å². The Morgan fingerprint density at radius 3 is 2.89 bits per heavy atom. The third-order valence-electron chi connectivity index (χ3n) is 1.82. The lowest BCUT2D eigenvalue weighted by atomic mass is 10.4. The molecule has 0 atom stereocenters. The molecule has 0 amide bonds. The van der Waals surface area contributed by atoms with Crippen LogP contribution in [0.3, 0.4) is 0 Å². The standard InChI is InChI=1S/C11H16Cl2N4O/c1-7(2)17-11(14)15-3-4-18-10-9(13)5-8(12)6-16-10/h5-7H,3-4H2,1-2H3,(H3,14,15,17). The molecule has 100 valence electrons. The lowest BCUT2D eigenvalue weighted by Gasteiger charge is -2.09. The molecule has 5 nitrogen and oxygen atoms in total. The smallest absolute Gasteiger partial charge is 0.232 e. The van der Waals surface area contributed by atoms with Gasteiger partial charge in [-0.2, -0.15) is 0 Å². The maximum absolute atomic E-state index is 5.90. The molecule has 7 heteroatoms. The van der Waals surface area contributed by atoms with Crippen LogP contribution in [0.5, 0.6) is 5.88 Å². The number of halogens is 2. The first kappa shape index (κ1) is 14.9. The summed E-state index contributed by atoms with van der Waals surface area (Å²) in [5.41, 5.74) is 5.63. The van der Waals surface area contributed by atoms with Gasteiger partial charge in [0.15, 0.2) is 5.96 Å². The number of nitrogens with zero attached hydrogens (tertiary/aromatic N) is 2. The fourth-order valence-corrected chi connectivity index (χ4v) is 1.59. The van der Waals surface area contributed by atoms with Crippen LogP contribution in [0.1, 0.15) is 13.8 Å². The van der Waals surface area contributed by atoms with Gasteiger partial charge in [-0.3, -0.25) is 0 Å². The van der Waals surface area contributed by atoms with E-state index in [0.717, 1.165) is 0 Å². The van der Waals surface area contributed by atoms with Crippen LogP contribution in [0.25, 0.3) is 0 Å². The van der Waals surface area contributed by atoms with Crippen LogP contribution in [0.4, 0.5) is 0 Å². The maximum atomic E-state index is 5.90. The van der Waals surface area contributed by atoms with E-state index in [4.69, 9.17) is 33.7 Å². The van der Waals surface area contributed by atoms with Crippen LogP contribution in [0.2, 0.25) is 10.0 Å². The van der Waals surface area contributed by atoms with E-state index in [-0.39, 0.29) is 6.04 Å². The van der Waals surface area contributed by atoms with E-state index in [2.05, 4.69) is 15.3 Å². The van der Waals surface area contributed by atoms with E-state index >= 15 is 0 Å². The van der Waals surface area contributed by atoms with Crippen LogP contribution in [-0.4, -0.2) is 30.1 Å². The minimum absolute atomic E-state index is 0.252. The van der Waals surface area contributed by atoms with Crippen molar-refractivity contribution in [2.45, 2.75) is 19.9 Å². The molecule has 0 saturated heterocycles. The molecule has 0 aliphatic carbocycles. The fourth-order valence-electron chi connectivity index (χ4n) is 1.16. The minimum Gasteiger partial charge on any atom is -0.475 e. The molecule has 0 aliphatic rings. The van der Waals surface area contributed by atoms with Crippen molar-refractivity contribution in [1.29, 1.82) is 0 Å². The first-order chi connectivity index (χ1) is 8.49. The van der Waals surface area contributed by atoms with Crippen molar-refractivity contribution >= 4 is 29.2 Å². The quantitative estimate of drug-likeness (QED) is 0.495. The Morgan fingerprint density at radius 1 is 1.56 bits per heavy atom. The first-order valence-corrected chi connectivity index (χ1v) is 6.25. The zero-order valence-corrected chi connectivity index (χ0v) is 11.8. The van der Waals surface area contributed by atoms with E-state index < -0.39 is 0 Å². The summed E-state index contributed by atoms with van der Waals surface area (Å²) in [5.74, 6) is 0.732. The largest absolute Gasteiger partial charge is 0.475 e. The Kier molecular flexibility index (Phi) is 6.01. The second-order valence-corrected chi connectivity index (χ2v) is 4.70. The summed E-state index contributed by atoms with van der Waals surface area (Å²) in [6.07, 6.45) is 1.47. The van der Waals surface area contributed by atoms with E-state index in [1.54, 1.807) is 6.07 Å². The van der Waals surface area contributed by atoms with Crippen molar-refractivity contribution in [3.63, 3.8) is 0 Å². The van der Waals surface area contributed by atoms with Gasteiger partial charge in [0.05, 0.1) is 11.6 Å². The molecule has 0 spiro atoms. The van der Waals surface area contributed by atoms with Gasteiger partial charge in [-0.1, -0.05) is 23.2 Å². The predicted octanol–water partition coefficient (Wildman–Crippen LogP) is 2.08. The molecule has 18 heavy (non-hydrogen) atoms. The minimum atomic E-state index is 0.252. The summed E-state index contributed by atoms with van der Waals surface area (Å²) < 4.78 is 5.36. The normalized spacial score (nSPS) is 11.7. The third-order valence-corrected chi connectivity index (χ3v) is 2.30. The number of hydrogen-bond acceptors (Lipinski definition) is 3. The van der Waals surface area contributed by atoms with Gasteiger partial charge in [-0.15, -0.1) is 0 Å². The number of hydrogen-bond donors (Lipinski definition) is 2. The molecule has 1 aromatic rings.